The second-order valence-electron chi connectivity index (χ2n) is 5.44. The predicted octanol–water partition coefficient (Wildman–Crippen LogP) is 2.50. The van der Waals surface area contributed by atoms with Crippen molar-refractivity contribution in [2.45, 2.75) is 19.4 Å². The molecular formula is C17H18N4O2S. The highest BCUT2D eigenvalue weighted by atomic mass is 32.1. The number of aliphatic hydroxyl groups is 1. The van der Waals surface area contributed by atoms with E-state index in [2.05, 4.69) is 15.4 Å². The lowest BCUT2D eigenvalue weighted by atomic mass is 10.3. The largest absolute Gasteiger partial charge is 0.393 e. The number of aromatic nitrogens is 3. The van der Waals surface area contributed by atoms with Gasteiger partial charge in [-0.3, -0.25) is 4.79 Å². The SMILES string of the molecule is CC(O)CCNC(=O)c1csc(-c2cnn(-c3ccccc3)c2)n1. The summed E-state index contributed by atoms with van der Waals surface area (Å²) < 4.78 is 1.78. The number of amides is 1. The van der Waals surface area contributed by atoms with Crippen molar-refractivity contribution in [2.24, 2.45) is 0 Å². The minimum Gasteiger partial charge on any atom is -0.393 e. The molecule has 1 aromatic carbocycles. The Kier molecular flexibility index (Phi) is 5.02. The van der Waals surface area contributed by atoms with E-state index in [9.17, 15) is 9.90 Å². The summed E-state index contributed by atoms with van der Waals surface area (Å²) in [7, 11) is 0. The molecule has 7 heteroatoms. The molecular weight excluding hydrogens is 324 g/mol. The van der Waals surface area contributed by atoms with Crippen LogP contribution >= 0.6 is 11.3 Å². The number of rotatable bonds is 6. The molecule has 0 aliphatic rings. The van der Waals surface area contributed by atoms with Gasteiger partial charge in [-0.1, -0.05) is 18.2 Å². The average molecular weight is 342 g/mol. The van der Waals surface area contributed by atoms with Crippen molar-refractivity contribution in [3.8, 4) is 16.3 Å². The molecule has 2 N–H and O–H groups in total. The molecule has 1 atom stereocenters. The van der Waals surface area contributed by atoms with Gasteiger partial charge in [0.15, 0.2) is 0 Å². The first-order valence-corrected chi connectivity index (χ1v) is 8.53. The van der Waals surface area contributed by atoms with E-state index in [0.717, 1.165) is 16.3 Å². The summed E-state index contributed by atoms with van der Waals surface area (Å²) in [5.74, 6) is -0.228. The van der Waals surface area contributed by atoms with Gasteiger partial charge in [0.25, 0.3) is 5.91 Å². The standard InChI is InChI=1S/C17H18N4O2S/c1-12(22)7-8-18-16(23)15-11-24-17(20-15)13-9-19-21(10-13)14-5-3-2-4-6-14/h2-6,9-12,22H,7-8H2,1H3,(H,18,23). The molecule has 6 nitrogen and oxygen atoms in total. The number of hydrogen-bond acceptors (Lipinski definition) is 5. The monoisotopic (exact) mass is 342 g/mol. The van der Waals surface area contributed by atoms with Gasteiger partial charge in [-0.25, -0.2) is 9.67 Å². The molecule has 1 unspecified atom stereocenters. The Morgan fingerprint density at radius 2 is 2.17 bits per heavy atom. The van der Waals surface area contributed by atoms with Gasteiger partial charge in [-0.15, -0.1) is 11.3 Å². The lowest BCUT2D eigenvalue weighted by Crippen LogP contribution is -2.26. The summed E-state index contributed by atoms with van der Waals surface area (Å²) in [4.78, 5) is 16.4. The van der Waals surface area contributed by atoms with Crippen molar-refractivity contribution in [1.29, 1.82) is 0 Å². The van der Waals surface area contributed by atoms with Gasteiger partial charge in [0.2, 0.25) is 0 Å². The number of carbonyl (C=O) groups excluding carboxylic acids is 1. The molecule has 124 valence electrons. The molecule has 0 radical (unpaired) electrons. The fourth-order valence-electron chi connectivity index (χ4n) is 2.15. The molecule has 0 fully saturated rings. The summed E-state index contributed by atoms with van der Waals surface area (Å²) >= 11 is 1.40. The number of hydrogen-bond donors (Lipinski definition) is 2. The van der Waals surface area contributed by atoms with Crippen LogP contribution in [0.1, 0.15) is 23.8 Å². The fraction of sp³-hybridized carbons (Fsp3) is 0.235. The number of benzene rings is 1. The zero-order chi connectivity index (χ0) is 16.9. The second kappa shape index (κ2) is 7.37. The Hall–Kier alpha value is -2.51. The first kappa shape index (κ1) is 16.4. The van der Waals surface area contributed by atoms with Crippen LogP contribution in [0.2, 0.25) is 0 Å². The van der Waals surface area contributed by atoms with Crippen LogP contribution in [-0.4, -0.2) is 38.4 Å². The normalized spacial score (nSPS) is 12.1. The Morgan fingerprint density at radius 3 is 2.92 bits per heavy atom. The second-order valence-corrected chi connectivity index (χ2v) is 6.30. The third-order valence-electron chi connectivity index (χ3n) is 3.43. The molecule has 2 heterocycles. The van der Waals surface area contributed by atoms with Gasteiger partial charge < -0.3 is 10.4 Å². The molecule has 0 aliphatic heterocycles. The summed E-state index contributed by atoms with van der Waals surface area (Å²) in [6.07, 6.45) is 3.72. The van der Waals surface area contributed by atoms with Gasteiger partial charge in [0.1, 0.15) is 10.7 Å². The molecule has 0 bridgehead atoms. The predicted molar refractivity (Wildman–Crippen MR) is 93.3 cm³/mol. The molecule has 0 aliphatic carbocycles. The lowest BCUT2D eigenvalue weighted by Gasteiger charge is -2.04. The lowest BCUT2D eigenvalue weighted by molar-refractivity contribution is 0.0941. The van der Waals surface area contributed by atoms with Crippen molar-refractivity contribution >= 4 is 17.2 Å². The van der Waals surface area contributed by atoms with Gasteiger partial charge in [0.05, 0.1) is 18.0 Å². The first-order chi connectivity index (χ1) is 11.6. The molecule has 3 aromatic rings. The zero-order valence-corrected chi connectivity index (χ0v) is 14.0. The van der Waals surface area contributed by atoms with Crippen LogP contribution in [-0.2, 0) is 0 Å². The van der Waals surface area contributed by atoms with Crippen LogP contribution in [0.3, 0.4) is 0 Å². The quantitative estimate of drug-likeness (QED) is 0.721. The maximum Gasteiger partial charge on any atom is 0.270 e. The van der Waals surface area contributed by atoms with Crippen molar-refractivity contribution < 1.29 is 9.90 Å². The number of thiazole rings is 1. The third-order valence-corrected chi connectivity index (χ3v) is 4.33. The number of aliphatic hydroxyl groups excluding tert-OH is 1. The van der Waals surface area contributed by atoms with Crippen LogP contribution in [0.25, 0.3) is 16.3 Å². The van der Waals surface area contributed by atoms with E-state index in [-0.39, 0.29) is 5.91 Å². The Bertz CT molecular complexity index is 811. The van der Waals surface area contributed by atoms with Crippen molar-refractivity contribution in [2.75, 3.05) is 6.54 Å². The minimum absolute atomic E-state index is 0.228. The fourth-order valence-corrected chi connectivity index (χ4v) is 2.93. The van der Waals surface area contributed by atoms with Crippen LogP contribution in [0.5, 0.6) is 0 Å². The molecule has 3 rings (SSSR count). The number of para-hydroxylation sites is 1. The molecule has 0 saturated heterocycles. The molecule has 24 heavy (non-hydrogen) atoms. The first-order valence-electron chi connectivity index (χ1n) is 7.66. The highest BCUT2D eigenvalue weighted by Gasteiger charge is 2.13. The Morgan fingerprint density at radius 1 is 1.38 bits per heavy atom. The van der Waals surface area contributed by atoms with Gasteiger partial charge in [0, 0.05) is 23.7 Å². The van der Waals surface area contributed by atoms with Gasteiger partial charge >= 0.3 is 0 Å². The van der Waals surface area contributed by atoms with E-state index in [1.54, 1.807) is 23.2 Å². The number of nitrogens with one attached hydrogen (secondary N) is 1. The summed E-state index contributed by atoms with van der Waals surface area (Å²) in [6, 6.07) is 9.81. The van der Waals surface area contributed by atoms with Crippen molar-refractivity contribution in [1.82, 2.24) is 20.1 Å². The number of nitrogens with zero attached hydrogens (tertiary/aromatic N) is 3. The van der Waals surface area contributed by atoms with E-state index in [1.165, 1.54) is 11.3 Å². The molecule has 0 saturated carbocycles. The van der Waals surface area contributed by atoms with Crippen LogP contribution < -0.4 is 5.32 Å². The van der Waals surface area contributed by atoms with E-state index < -0.39 is 6.10 Å². The Labute approximate surface area is 143 Å². The van der Waals surface area contributed by atoms with Gasteiger partial charge in [-0.2, -0.15) is 5.10 Å². The topological polar surface area (TPSA) is 80.0 Å². The highest BCUT2D eigenvalue weighted by Crippen LogP contribution is 2.24. The molecule has 2 aromatic heterocycles. The average Bonchev–Trinajstić information content (AvgIpc) is 3.24. The van der Waals surface area contributed by atoms with Crippen LogP contribution in [0, 0.1) is 0 Å². The van der Waals surface area contributed by atoms with E-state index in [4.69, 9.17) is 0 Å². The zero-order valence-electron chi connectivity index (χ0n) is 13.2. The Balaban J connectivity index is 1.70. The van der Waals surface area contributed by atoms with Crippen molar-refractivity contribution in [3.05, 3.63) is 53.8 Å². The van der Waals surface area contributed by atoms with Crippen LogP contribution in [0.15, 0.2) is 48.1 Å². The summed E-state index contributed by atoms with van der Waals surface area (Å²) in [6.45, 7) is 2.12. The van der Waals surface area contributed by atoms with Gasteiger partial charge in [-0.05, 0) is 25.5 Å². The maximum atomic E-state index is 12.0. The van der Waals surface area contributed by atoms with E-state index >= 15 is 0 Å². The number of carbonyl (C=O) groups is 1. The summed E-state index contributed by atoms with van der Waals surface area (Å²) in [5.41, 5.74) is 2.22. The maximum absolute atomic E-state index is 12.0. The smallest absolute Gasteiger partial charge is 0.270 e. The molecule has 1 amide bonds. The van der Waals surface area contributed by atoms with E-state index in [1.807, 2.05) is 36.5 Å². The third kappa shape index (κ3) is 3.87. The minimum atomic E-state index is -0.430. The molecule has 0 spiro atoms. The van der Waals surface area contributed by atoms with Crippen molar-refractivity contribution in [3.63, 3.8) is 0 Å². The van der Waals surface area contributed by atoms with E-state index in [0.29, 0.717) is 18.7 Å². The highest BCUT2D eigenvalue weighted by molar-refractivity contribution is 7.13. The van der Waals surface area contributed by atoms with Crippen LogP contribution in [0.4, 0.5) is 0 Å². The summed E-state index contributed by atoms with van der Waals surface area (Å²) in [5, 5.41) is 18.8.